The van der Waals surface area contributed by atoms with Crippen molar-refractivity contribution in [1.82, 2.24) is 10.4 Å². The Morgan fingerprint density at radius 1 is 0.543 bits per heavy atom. The van der Waals surface area contributed by atoms with Crippen LogP contribution in [0.2, 0.25) is 0 Å². The van der Waals surface area contributed by atoms with Gasteiger partial charge in [-0.05, 0) is 42.5 Å². The van der Waals surface area contributed by atoms with Crippen LogP contribution in [0.15, 0.2) is 91.0 Å². The van der Waals surface area contributed by atoms with Crippen LogP contribution in [0, 0.1) is 0 Å². The molecule has 1 amide bonds. The lowest BCUT2D eigenvalue weighted by atomic mass is 10.0. The zero-order valence-electron chi connectivity index (χ0n) is 25.5. The van der Waals surface area contributed by atoms with Gasteiger partial charge in [0, 0.05) is 51.6 Å². The number of hydrogen-bond acceptors (Lipinski definition) is 6. The number of carboxylic acid groups (broad SMARTS) is 1. The Kier molecular flexibility index (Phi) is 23.8. The SMILES string of the molecule is C.C.O=C(CCN(CCCC(=O)NO)Cc1ccccc1)Cc1ccccc1.O=C(O)CCCCCCC(=O)Cc1ccccc1. The minimum atomic E-state index is -0.741. The molecule has 0 fully saturated rings. The van der Waals surface area contributed by atoms with E-state index in [1.807, 2.05) is 78.9 Å². The van der Waals surface area contributed by atoms with E-state index in [0.717, 1.165) is 36.9 Å². The van der Waals surface area contributed by atoms with Crippen molar-refractivity contribution in [1.29, 1.82) is 0 Å². The molecular weight excluding hydrogens is 580 g/mol. The number of amides is 1. The van der Waals surface area contributed by atoms with Crippen molar-refractivity contribution in [2.75, 3.05) is 13.1 Å². The van der Waals surface area contributed by atoms with Crippen molar-refractivity contribution in [3.63, 3.8) is 0 Å². The first-order valence-electron chi connectivity index (χ1n) is 15.4. The van der Waals surface area contributed by atoms with Gasteiger partial charge in [-0.1, -0.05) is 119 Å². The number of carbonyl (C=O) groups is 4. The second-order valence-electron chi connectivity index (χ2n) is 10.9. The summed E-state index contributed by atoms with van der Waals surface area (Å²) in [7, 11) is 0. The Morgan fingerprint density at radius 2 is 1.00 bits per heavy atom. The molecule has 0 aliphatic rings. The Balaban J connectivity index is 0.000000897. The molecular formula is C38H54N2O6. The number of nitrogens with zero attached hydrogens (tertiary/aromatic N) is 1. The summed E-state index contributed by atoms with van der Waals surface area (Å²) in [5.74, 6) is -0.651. The lowest BCUT2D eigenvalue weighted by molar-refractivity contribution is -0.137. The monoisotopic (exact) mass is 634 g/mol. The molecule has 0 heterocycles. The molecule has 0 saturated heterocycles. The van der Waals surface area contributed by atoms with Crippen molar-refractivity contribution in [2.24, 2.45) is 0 Å². The maximum atomic E-state index is 12.3. The molecule has 0 unspecified atom stereocenters. The number of carbonyl (C=O) groups excluding carboxylic acids is 3. The third kappa shape index (κ3) is 20.7. The van der Waals surface area contributed by atoms with Crippen molar-refractivity contribution >= 4 is 23.4 Å². The zero-order chi connectivity index (χ0) is 31.8. The highest BCUT2D eigenvalue weighted by Gasteiger charge is 2.11. The minimum Gasteiger partial charge on any atom is -0.481 e. The molecule has 0 aliphatic heterocycles. The summed E-state index contributed by atoms with van der Waals surface area (Å²) in [6.07, 6.45) is 6.58. The smallest absolute Gasteiger partial charge is 0.303 e. The van der Waals surface area contributed by atoms with Gasteiger partial charge in [0.2, 0.25) is 5.91 Å². The average Bonchev–Trinajstić information content (AvgIpc) is 3.03. The number of aliphatic carboxylic acids is 1. The van der Waals surface area contributed by atoms with Crippen LogP contribution >= 0.6 is 0 Å². The van der Waals surface area contributed by atoms with E-state index in [1.54, 1.807) is 5.48 Å². The normalized spacial score (nSPS) is 10.0. The number of nitrogens with one attached hydrogen (secondary N) is 1. The van der Waals surface area contributed by atoms with Crippen molar-refractivity contribution in [3.05, 3.63) is 108 Å². The first kappa shape index (κ1) is 41.9. The van der Waals surface area contributed by atoms with Crippen LogP contribution < -0.4 is 5.48 Å². The minimum absolute atomic E-state index is 0. The first-order valence-corrected chi connectivity index (χ1v) is 15.4. The Bertz CT molecular complexity index is 1240. The van der Waals surface area contributed by atoms with Gasteiger partial charge in [-0.2, -0.15) is 0 Å². The van der Waals surface area contributed by atoms with Crippen LogP contribution in [0.4, 0.5) is 0 Å². The maximum Gasteiger partial charge on any atom is 0.303 e. The summed E-state index contributed by atoms with van der Waals surface area (Å²) in [6.45, 7) is 2.09. The molecule has 0 saturated carbocycles. The van der Waals surface area contributed by atoms with Gasteiger partial charge in [0.1, 0.15) is 11.6 Å². The van der Waals surface area contributed by atoms with Crippen LogP contribution in [0.3, 0.4) is 0 Å². The summed E-state index contributed by atoms with van der Waals surface area (Å²) in [4.78, 5) is 47.6. The van der Waals surface area contributed by atoms with Gasteiger partial charge in [-0.3, -0.25) is 29.3 Å². The summed E-state index contributed by atoms with van der Waals surface area (Å²) < 4.78 is 0. The highest BCUT2D eigenvalue weighted by molar-refractivity contribution is 5.81. The van der Waals surface area contributed by atoms with Gasteiger partial charge in [0.15, 0.2) is 0 Å². The topological polar surface area (TPSA) is 124 Å². The quantitative estimate of drug-likeness (QED) is 0.0669. The number of hydroxylamine groups is 1. The Labute approximate surface area is 275 Å². The van der Waals surface area contributed by atoms with Gasteiger partial charge in [-0.25, -0.2) is 5.48 Å². The fourth-order valence-electron chi connectivity index (χ4n) is 4.69. The molecule has 0 bridgehead atoms. The third-order valence-electron chi connectivity index (χ3n) is 7.04. The van der Waals surface area contributed by atoms with Crippen molar-refractivity contribution in [2.45, 2.75) is 92.0 Å². The van der Waals surface area contributed by atoms with E-state index in [2.05, 4.69) is 17.0 Å². The molecule has 3 aromatic rings. The molecule has 0 aliphatic carbocycles. The lowest BCUT2D eigenvalue weighted by Gasteiger charge is -2.22. The van der Waals surface area contributed by atoms with Crippen LogP contribution in [0.5, 0.6) is 0 Å². The maximum absolute atomic E-state index is 12.3. The number of ketones is 2. The zero-order valence-corrected chi connectivity index (χ0v) is 25.5. The molecule has 3 aromatic carbocycles. The molecule has 252 valence electrons. The fraction of sp³-hybridized carbons (Fsp3) is 0.421. The summed E-state index contributed by atoms with van der Waals surface area (Å²) in [6, 6.07) is 29.6. The average molecular weight is 635 g/mol. The second-order valence-corrected chi connectivity index (χ2v) is 10.9. The van der Waals surface area contributed by atoms with Crippen molar-refractivity contribution in [3.8, 4) is 0 Å². The van der Waals surface area contributed by atoms with Crippen LogP contribution in [0.25, 0.3) is 0 Å². The van der Waals surface area contributed by atoms with E-state index in [9.17, 15) is 19.2 Å². The van der Waals surface area contributed by atoms with E-state index in [1.165, 1.54) is 5.56 Å². The van der Waals surface area contributed by atoms with Gasteiger partial charge in [0.05, 0.1) is 0 Å². The largest absolute Gasteiger partial charge is 0.481 e. The molecule has 0 atom stereocenters. The van der Waals surface area contributed by atoms with Gasteiger partial charge in [-0.15, -0.1) is 0 Å². The lowest BCUT2D eigenvalue weighted by Crippen LogP contribution is -2.29. The van der Waals surface area contributed by atoms with E-state index in [0.29, 0.717) is 51.6 Å². The highest BCUT2D eigenvalue weighted by atomic mass is 16.5. The third-order valence-corrected chi connectivity index (χ3v) is 7.04. The number of benzene rings is 3. The van der Waals surface area contributed by atoms with Crippen LogP contribution in [0.1, 0.15) is 89.3 Å². The molecule has 46 heavy (non-hydrogen) atoms. The van der Waals surface area contributed by atoms with Gasteiger partial charge >= 0.3 is 5.97 Å². The Hall–Kier alpha value is -4.14. The molecule has 3 N–H and O–H groups in total. The number of rotatable bonds is 20. The van der Waals surface area contributed by atoms with Gasteiger partial charge in [0.25, 0.3) is 0 Å². The van der Waals surface area contributed by atoms with Gasteiger partial charge < -0.3 is 5.11 Å². The predicted octanol–water partition coefficient (Wildman–Crippen LogP) is 7.47. The summed E-state index contributed by atoms with van der Waals surface area (Å²) in [5, 5.41) is 17.1. The molecule has 0 radical (unpaired) electrons. The van der Waals surface area contributed by atoms with E-state index in [-0.39, 0.29) is 45.2 Å². The summed E-state index contributed by atoms with van der Waals surface area (Å²) >= 11 is 0. The first-order chi connectivity index (χ1) is 21.4. The number of carboxylic acids is 1. The predicted molar refractivity (Wildman–Crippen MR) is 185 cm³/mol. The standard InChI is InChI=1S/C21H26N2O3.C15H20O3.2CH4/c24-20(16-18-8-3-1-4-9-18)13-15-23(14-7-12-21(25)22-26)17-19-10-5-2-6-11-19;16-14(12-13-8-4-3-5-9-13)10-6-1-2-7-11-15(17)18;;/h1-6,8-11,26H,7,12-17H2,(H,22,25);3-5,8-9H,1-2,6-7,10-12H2,(H,17,18);2*1H4. The number of Topliss-reactive ketones (excluding diaryl/α,β-unsaturated/α-hetero) is 2. The number of unbranched alkanes of at least 4 members (excludes halogenated alkanes) is 3. The number of hydrogen-bond donors (Lipinski definition) is 3. The molecule has 8 nitrogen and oxygen atoms in total. The van der Waals surface area contributed by atoms with E-state index < -0.39 is 5.97 Å². The van der Waals surface area contributed by atoms with Crippen LogP contribution in [-0.4, -0.2) is 51.7 Å². The molecule has 0 aromatic heterocycles. The molecule has 0 spiro atoms. The fourth-order valence-corrected chi connectivity index (χ4v) is 4.69. The van der Waals surface area contributed by atoms with E-state index in [4.69, 9.17) is 10.3 Å². The summed E-state index contributed by atoms with van der Waals surface area (Å²) in [5.41, 5.74) is 4.93. The molecule has 8 heteroatoms. The molecule has 3 rings (SSSR count). The van der Waals surface area contributed by atoms with E-state index >= 15 is 0 Å². The van der Waals surface area contributed by atoms with Crippen LogP contribution in [-0.2, 0) is 38.6 Å². The highest BCUT2D eigenvalue weighted by Crippen LogP contribution is 2.10. The second kappa shape index (κ2) is 26.1. The Morgan fingerprint density at radius 3 is 1.48 bits per heavy atom. The van der Waals surface area contributed by atoms with Crippen molar-refractivity contribution < 1.29 is 29.5 Å².